The predicted octanol–water partition coefficient (Wildman–Crippen LogP) is 1.20. The minimum absolute atomic E-state index is 0.166. The first-order chi connectivity index (χ1) is 11.3. The number of aliphatic hydroxyl groups is 1. The smallest absolute Gasteiger partial charge is 0.408 e. The Morgan fingerprint density at radius 2 is 2.08 bits per heavy atom. The van der Waals surface area contributed by atoms with E-state index in [1.807, 2.05) is 42.5 Å². The van der Waals surface area contributed by atoms with Crippen LogP contribution in [0.4, 0.5) is 10.6 Å². The van der Waals surface area contributed by atoms with Crippen LogP contribution in [0.5, 0.6) is 0 Å². The van der Waals surface area contributed by atoms with E-state index < -0.39 is 17.2 Å². The fourth-order valence-electron chi connectivity index (χ4n) is 2.91. The molecule has 0 saturated carbocycles. The molecule has 3 rings (SSSR count). The van der Waals surface area contributed by atoms with Gasteiger partial charge >= 0.3 is 6.09 Å². The lowest BCUT2D eigenvalue weighted by atomic mass is 10.0. The van der Waals surface area contributed by atoms with E-state index in [1.54, 1.807) is 12.4 Å². The first-order valence-electron chi connectivity index (χ1n) is 7.97. The third-order valence-corrected chi connectivity index (χ3v) is 4.01. The topological polar surface area (TPSA) is 92.0 Å². The summed E-state index contributed by atoms with van der Waals surface area (Å²) in [5, 5.41) is 12.7. The van der Waals surface area contributed by atoms with Crippen molar-refractivity contribution in [3.05, 3.63) is 24.8 Å². The molecular formula is C16H23N5O3. The number of imidazole rings is 1. The SMILES string of the molecule is CC(C)(C)OC(=O)NC1(CO)CCN(c2nccn3ccnc23)C1. The Balaban J connectivity index is 1.77. The predicted molar refractivity (Wildman–Crippen MR) is 89.0 cm³/mol. The van der Waals surface area contributed by atoms with Crippen molar-refractivity contribution in [2.75, 3.05) is 24.6 Å². The van der Waals surface area contributed by atoms with E-state index in [-0.39, 0.29) is 6.61 Å². The van der Waals surface area contributed by atoms with Crippen LogP contribution < -0.4 is 10.2 Å². The van der Waals surface area contributed by atoms with Gasteiger partial charge in [0.25, 0.3) is 0 Å². The average molecular weight is 333 g/mol. The number of aliphatic hydroxyl groups excluding tert-OH is 1. The number of fused-ring (bicyclic) bond motifs is 1. The van der Waals surface area contributed by atoms with Crippen molar-refractivity contribution in [2.45, 2.75) is 38.3 Å². The average Bonchev–Trinajstić information content (AvgIpc) is 3.12. The highest BCUT2D eigenvalue weighted by Gasteiger charge is 2.41. The number of nitrogens with zero attached hydrogens (tertiary/aromatic N) is 4. The normalized spacial score (nSPS) is 21.2. The number of alkyl carbamates (subject to hydrolysis) is 1. The molecule has 130 valence electrons. The first kappa shape index (κ1) is 16.5. The molecule has 1 fully saturated rings. The lowest BCUT2D eigenvalue weighted by molar-refractivity contribution is 0.0417. The summed E-state index contributed by atoms with van der Waals surface area (Å²) < 4.78 is 7.20. The van der Waals surface area contributed by atoms with Crippen LogP contribution in [0.15, 0.2) is 24.8 Å². The summed E-state index contributed by atoms with van der Waals surface area (Å²) in [7, 11) is 0. The van der Waals surface area contributed by atoms with Gasteiger partial charge in [0.05, 0.1) is 12.1 Å². The van der Waals surface area contributed by atoms with Gasteiger partial charge in [0.1, 0.15) is 5.60 Å². The maximum Gasteiger partial charge on any atom is 0.408 e. The number of nitrogens with one attached hydrogen (secondary N) is 1. The summed E-state index contributed by atoms with van der Waals surface area (Å²) in [6, 6.07) is 0. The largest absolute Gasteiger partial charge is 0.444 e. The molecule has 2 aromatic rings. The minimum atomic E-state index is -0.747. The molecule has 0 spiro atoms. The van der Waals surface area contributed by atoms with E-state index in [0.717, 1.165) is 11.5 Å². The number of amides is 1. The highest BCUT2D eigenvalue weighted by Crippen LogP contribution is 2.28. The van der Waals surface area contributed by atoms with E-state index in [1.165, 1.54) is 0 Å². The molecule has 1 atom stereocenters. The summed E-state index contributed by atoms with van der Waals surface area (Å²) in [4.78, 5) is 22.9. The van der Waals surface area contributed by atoms with Crippen LogP contribution in [-0.4, -0.2) is 56.4 Å². The molecule has 3 heterocycles. The van der Waals surface area contributed by atoms with E-state index in [2.05, 4.69) is 15.3 Å². The zero-order valence-electron chi connectivity index (χ0n) is 14.2. The fraction of sp³-hybridized carbons (Fsp3) is 0.562. The summed E-state index contributed by atoms with van der Waals surface area (Å²) in [5.74, 6) is 0.740. The van der Waals surface area contributed by atoms with Crippen molar-refractivity contribution in [3.63, 3.8) is 0 Å². The molecule has 1 unspecified atom stereocenters. The summed E-state index contributed by atoms with van der Waals surface area (Å²) >= 11 is 0. The van der Waals surface area contributed by atoms with Crippen molar-refractivity contribution in [1.82, 2.24) is 19.7 Å². The molecule has 24 heavy (non-hydrogen) atoms. The van der Waals surface area contributed by atoms with Gasteiger partial charge in [-0.1, -0.05) is 0 Å². The fourth-order valence-corrected chi connectivity index (χ4v) is 2.91. The molecule has 2 aromatic heterocycles. The standard InChI is InChI=1S/C16H23N5O3/c1-15(2,3)24-14(23)19-16(11-22)4-7-21(10-16)13-12-17-5-8-20(12)9-6-18-13/h5-6,8-9,22H,4,7,10-11H2,1-3H3,(H,19,23). The molecule has 8 nitrogen and oxygen atoms in total. The second kappa shape index (κ2) is 5.94. The molecule has 8 heteroatoms. The van der Waals surface area contributed by atoms with Gasteiger partial charge in [0.15, 0.2) is 11.5 Å². The van der Waals surface area contributed by atoms with Crippen molar-refractivity contribution in [3.8, 4) is 0 Å². The molecule has 1 aliphatic rings. The highest BCUT2D eigenvalue weighted by molar-refractivity contribution is 5.70. The zero-order valence-corrected chi connectivity index (χ0v) is 14.2. The van der Waals surface area contributed by atoms with E-state index >= 15 is 0 Å². The number of ether oxygens (including phenoxy) is 1. The van der Waals surface area contributed by atoms with E-state index in [0.29, 0.717) is 19.5 Å². The van der Waals surface area contributed by atoms with Crippen molar-refractivity contribution >= 4 is 17.6 Å². The maximum absolute atomic E-state index is 12.1. The van der Waals surface area contributed by atoms with Gasteiger partial charge in [-0.2, -0.15) is 0 Å². The van der Waals surface area contributed by atoms with Crippen molar-refractivity contribution < 1.29 is 14.6 Å². The molecule has 0 bridgehead atoms. The molecule has 0 aliphatic carbocycles. The van der Waals surface area contributed by atoms with Gasteiger partial charge in [0.2, 0.25) is 0 Å². The molecule has 0 radical (unpaired) electrons. The van der Waals surface area contributed by atoms with Gasteiger partial charge in [-0.05, 0) is 27.2 Å². The molecular weight excluding hydrogens is 310 g/mol. The minimum Gasteiger partial charge on any atom is -0.444 e. The molecule has 2 N–H and O–H groups in total. The van der Waals surface area contributed by atoms with Gasteiger partial charge in [-0.15, -0.1) is 0 Å². The van der Waals surface area contributed by atoms with Crippen LogP contribution in [0.25, 0.3) is 5.65 Å². The quantitative estimate of drug-likeness (QED) is 0.877. The van der Waals surface area contributed by atoms with E-state index in [4.69, 9.17) is 4.74 Å². The lowest BCUT2D eigenvalue weighted by Crippen LogP contribution is -2.54. The number of rotatable bonds is 3. The molecule has 1 aliphatic heterocycles. The molecule has 1 amide bonds. The Bertz CT molecular complexity index is 739. The first-order valence-corrected chi connectivity index (χ1v) is 7.97. The van der Waals surface area contributed by atoms with Gasteiger partial charge < -0.3 is 24.5 Å². The van der Waals surface area contributed by atoms with Crippen LogP contribution in [-0.2, 0) is 4.74 Å². The second-order valence-electron chi connectivity index (χ2n) is 7.15. The number of carbonyl (C=O) groups is 1. The molecule has 1 saturated heterocycles. The molecule has 0 aromatic carbocycles. The third-order valence-electron chi connectivity index (χ3n) is 4.01. The number of carbonyl (C=O) groups excluding carboxylic acids is 1. The summed E-state index contributed by atoms with van der Waals surface area (Å²) in [6.45, 7) is 6.37. The second-order valence-corrected chi connectivity index (χ2v) is 7.15. The Kier molecular flexibility index (Phi) is 4.08. The van der Waals surface area contributed by atoms with Crippen LogP contribution >= 0.6 is 0 Å². The Morgan fingerprint density at radius 1 is 1.38 bits per heavy atom. The maximum atomic E-state index is 12.1. The van der Waals surface area contributed by atoms with Crippen LogP contribution in [0.1, 0.15) is 27.2 Å². The van der Waals surface area contributed by atoms with Crippen molar-refractivity contribution in [2.24, 2.45) is 0 Å². The van der Waals surface area contributed by atoms with Gasteiger partial charge in [-0.25, -0.2) is 14.8 Å². The van der Waals surface area contributed by atoms with Crippen LogP contribution in [0.3, 0.4) is 0 Å². The monoisotopic (exact) mass is 333 g/mol. The lowest BCUT2D eigenvalue weighted by Gasteiger charge is -2.30. The van der Waals surface area contributed by atoms with E-state index in [9.17, 15) is 9.90 Å². The Labute approximate surface area is 140 Å². The van der Waals surface area contributed by atoms with Crippen LogP contribution in [0, 0.1) is 0 Å². The number of aromatic nitrogens is 3. The zero-order chi connectivity index (χ0) is 17.4. The highest BCUT2D eigenvalue weighted by atomic mass is 16.6. The summed E-state index contributed by atoms with van der Waals surface area (Å²) in [6.07, 6.45) is 7.20. The third kappa shape index (κ3) is 3.28. The van der Waals surface area contributed by atoms with Gasteiger partial charge in [0, 0.05) is 37.9 Å². The number of anilines is 1. The van der Waals surface area contributed by atoms with Crippen LogP contribution in [0.2, 0.25) is 0 Å². The Hall–Kier alpha value is -2.35. The number of hydrogen-bond acceptors (Lipinski definition) is 6. The van der Waals surface area contributed by atoms with Crippen molar-refractivity contribution in [1.29, 1.82) is 0 Å². The summed E-state index contributed by atoms with van der Waals surface area (Å²) in [5.41, 5.74) is -0.575. The Morgan fingerprint density at radius 3 is 2.75 bits per heavy atom. The van der Waals surface area contributed by atoms with Gasteiger partial charge in [-0.3, -0.25) is 0 Å². The number of hydrogen-bond donors (Lipinski definition) is 2.